The predicted octanol–water partition coefficient (Wildman–Crippen LogP) is 2.11. The first kappa shape index (κ1) is 12.7. The Morgan fingerprint density at radius 2 is 2.12 bits per heavy atom. The number of carbonyl (C=O) groups is 1. The minimum Gasteiger partial charge on any atom is -0.456 e. The van der Waals surface area contributed by atoms with E-state index in [4.69, 9.17) is 0 Å². The van der Waals surface area contributed by atoms with Crippen molar-refractivity contribution >= 4 is 5.97 Å². The lowest BCUT2D eigenvalue weighted by Crippen LogP contribution is -2.37. The van der Waals surface area contributed by atoms with Gasteiger partial charge in [0.05, 0.1) is 6.42 Å². The van der Waals surface area contributed by atoms with Gasteiger partial charge in [-0.1, -0.05) is 12.8 Å². The Kier molecular flexibility index (Phi) is 3.66. The summed E-state index contributed by atoms with van der Waals surface area (Å²) in [5.41, 5.74) is 0. The van der Waals surface area contributed by atoms with Crippen LogP contribution in [0, 0.1) is 5.92 Å². The van der Waals surface area contributed by atoms with Crippen molar-refractivity contribution < 1.29 is 18.3 Å². The van der Waals surface area contributed by atoms with Gasteiger partial charge >= 0.3 is 11.9 Å². The highest BCUT2D eigenvalue weighted by Gasteiger charge is 2.50. The van der Waals surface area contributed by atoms with Crippen molar-refractivity contribution in [2.75, 3.05) is 6.54 Å². The molecule has 1 aliphatic carbocycles. The Hall–Kier alpha value is -0.710. The van der Waals surface area contributed by atoms with Crippen LogP contribution >= 0.6 is 0 Å². The molecule has 3 nitrogen and oxygen atoms in total. The van der Waals surface area contributed by atoms with Gasteiger partial charge in [-0.25, -0.2) is 4.79 Å². The van der Waals surface area contributed by atoms with E-state index in [1.165, 1.54) is 25.7 Å². The lowest BCUT2D eigenvalue weighted by atomic mass is 9.99. The molecule has 1 heterocycles. The highest BCUT2D eigenvalue weighted by molar-refractivity contribution is 5.79. The zero-order valence-electron chi connectivity index (χ0n) is 10.0. The van der Waals surface area contributed by atoms with E-state index >= 15 is 0 Å². The molecule has 5 heteroatoms. The number of ether oxygens (including phenoxy) is 1. The molecule has 0 aromatic rings. The van der Waals surface area contributed by atoms with Crippen LogP contribution in [0.2, 0.25) is 0 Å². The molecule has 0 aromatic carbocycles. The Labute approximate surface area is 99.9 Å². The van der Waals surface area contributed by atoms with Gasteiger partial charge < -0.3 is 10.1 Å². The topological polar surface area (TPSA) is 38.3 Å². The van der Waals surface area contributed by atoms with E-state index in [1.54, 1.807) is 0 Å². The molecular weight excluding hydrogens is 228 g/mol. The van der Waals surface area contributed by atoms with Crippen molar-refractivity contribution in [3.05, 3.63) is 0 Å². The number of hydrogen-bond acceptors (Lipinski definition) is 3. The molecule has 1 aliphatic heterocycles. The van der Waals surface area contributed by atoms with Crippen molar-refractivity contribution in [2.45, 2.75) is 57.1 Å². The smallest absolute Gasteiger partial charge is 0.377 e. The Bertz CT molecular complexity index is 290. The largest absolute Gasteiger partial charge is 0.456 e. The second-order valence-corrected chi connectivity index (χ2v) is 5.18. The van der Waals surface area contributed by atoms with Crippen LogP contribution in [-0.2, 0) is 9.53 Å². The van der Waals surface area contributed by atoms with Crippen LogP contribution in [0.3, 0.4) is 0 Å². The summed E-state index contributed by atoms with van der Waals surface area (Å²) >= 11 is 0. The highest BCUT2D eigenvalue weighted by Crippen LogP contribution is 2.31. The maximum absolute atomic E-state index is 12.9. The third-order valence-corrected chi connectivity index (χ3v) is 3.83. The fourth-order valence-corrected chi connectivity index (χ4v) is 2.70. The minimum atomic E-state index is -3.29. The summed E-state index contributed by atoms with van der Waals surface area (Å²) < 4.78 is 30.5. The van der Waals surface area contributed by atoms with Gasteiger partial charge in [0.2, 0.25) is 0 Å². The summed E-state index contributed by atoms with van der Waals surface area (Å²) in [4.78, 5) is 10.8. The summed E-state index contributed by atoms with van der Waals surface area (Å²) in [5.74, 6) is -4.03. The fourth-order valence-electron chi connectivity index (χ4n) is 2.70. The molecule has 0 spiro atoms. The molecule has 0 bridgehead atoms. The van der Waals surface area contributed by atoms with Crippen LogP contribution in [0.15, 0.2) is 0 Å². The van der Waals surface area contributed by atoms with Gasteiger partial charge in [-0.3, -0.25) is 0 Å². The second kappa shape index (κ2) is 4.88. The number of esters is 1. The second-order valence-electron chi connectivity index (χ2n) is 5.18. The third-order valence-electron chi connectivity index (χ3n) is 3.83. The molecule has 0 amide bonds. The molecule has 17 heavy (non-hydrogen) atoms. The molecule has 2 rings (SSSR count). The van der Waals surface area contributed by atoms with E-state index in [1.807, 2.05) is 0 Å². The number of rotatable bonds is 4. The van der Waals surface area contributed by atoms with Crippen molar-refractivity contribution in [2.24, 2.45) is 5.92 Å². The van der Waals surface area contributed by atoms with Crippen molar-refractivity contribution in [3.63, 3.8) is 0 Å². The van der Waals surface area contributed by atoms with E-state index in [0.717, 1.165) is 0 Å². The zero-order valence-corrected chi connectivity index (χ0v) is 10.0. The van der Waals surface area contributed by atoms with E-state index in [2.05, 4.69) is 17.0 Å². The average molecular weight is 247 g/mol. The zero-order chi connectivity index (χ0) is 12.5. The summed E-state index contributed by atoms with van der Waals surface area (Å²) in [6.45, 7) is 2.41. The molecule has 2 fully saturated rings. The van der Waals surface area contributed by atoms with E-state index in [-0.39, 0.29) is 0 Å². The quantitative estimate of drug-likeness (QED) is 0.773. The first-order valence-corrected chi connectivity index (χ1v) is 6.31. The first-order valence-electron chi connectivity index (χ1n) is 6.31. The van der Waals surface area contributed by atoms with Gasteiger partial charge in [0.1, 0.15) is 6.10 Å². The lowest BCUT2D eigenvalue weighted by Gasteiger charge is -2.21. The number of cyclic esters (lactones) is 1. The molecule has 98 valence electrons. The molecule has 1 N–H and O–H groups in total. The molecule has 1 saturated heterocycles. The number of carbonyl (C=O) groups excluding carboxylic acids is 1. The van der Waals surface area contributed by atoms with E-state index < -0.39 is 24.4 Å². The van der Waals surface area contributed by atoms with E-state index in [9.17, 15) is 13.6 Å². The number of alkyl halides is 2. The standard InChI is InChI=1S/C12H19F2NO2/c1-8(9-4-2-3-5-9)15-7-10-6-12(13,14)11(16)17-10/h8-10,15H,2-7H2,1H3/t8-,10?/m1/s1. The van der Waals surface area contributed by atoms with Gasteiger partial charge in [0.15, 0.2) is 0 Å². The van der Waals surface area contributed by atoms with Gasteiger partial charge in [0.25, 0.3) is 0 Å². The lowest BCUT2D eigenvalue weighted by molar-refractivity contribution is -0.159. The van der Waals surface area contributed by atoms with Crippen molar-refractivity contribution in [3.8, 4) is 0 Å². The van der Waals surface area contributed by atoms with Crippen molar-refractivity contribution in [1.29, 1.82) is 0 Å². The summed E-state index contributed by atoms with van der Waals surface area (Å²) in [7, 11) is 0. The maximum atomic E-state index is 12.9. The van der Waals surface area contributed by atoms with Gasteiger partial charge in [-0.05, 0) is 25.7 Å². The summed E-state index contributed by atoms with van der Waals surface area (Å²) in [6, 6.07) is 0.311. The maximum Gasteiger partial charge on any atom is 0.377 e. The number of hydrogen-bond donors (Lipinski definition) is 1. The Balaban J connectivity index is 1.74. The Morgan fingerprint density at radius 3 is 2.65 bits per heavy atom. The first-order chi connectivity index (χ1) is 7.99. The number of halogens is 2. The predicted molar refractivity (Wildman–Crippen MR) is 58.9 cm³/mol. The Morgan fingerprint density at radius 1 is 1.47 bits per heavy atom. The SMILES string of the molecule is C[C@@H](NCC1CC(F)(F)C(=O)O1)C1CCCC1. The third kappa shape index (κ3) is 2.94. The van der Waals surface area contributed by atoms with Crippen LogP contribution in [0.25, 0.3) is 0 Å². The monoisotopic (exact) mass is 247 g/mol. The molecule has 0 radical (unpaired) electrons. The summed E-state index contributed by atoms with van der Waals surface area (Å²) in [6.07, 6.45) is 3.75. The van der Waals surface area contributed by atoms with Crippen LogP contribution < -0.4 is 5.32 Å². The normalized spacial score (nSPS) is 30.5. The van der Waals surface area contributed by atoms with Crippen LogP contribution in [0.4, 0.5) is 8.78 Å². The molecule has 2 atom stereocenters. The fraction of sp³-hybridized carbons (Fsp3) is 0.917. The molecular formula is C12H19F2NO2. The average Bonchev–Trinajstić information content (AvgIpc) is 2.85. The minimum absolute atomic E-state index is 0.311. The van der Waals surface area contributed by atoms with E-state index in [0.29, 0.717) is 18.5 Å². The van der Waals surface area contributed by atoms with Crippen molar-refractivity contribution in [1.82, 2.24) is 5.32 Å². The highest BCUT2D eigenvalue weighted by atomic mass is 19.3. The molecule has 1 saturated carbocycles. The molecule has 1 unspecified atom stereocenters. The summed E-state index contributed by atoms with van der Waals surface area (Å²) in [5, 5.41) is 3.21. The molecule has 2 aliphatic rings. The molecule has 0 aromatic heterocycles. The van der Waals surface area contributed by atoms with Gasteiger partial charge in [-0.15, -0.1) is 0 Å². The van der Waals surface area contributed by atoms with Crippen LogP contribution in [0.5, 0.6) is 0 Å². The van der Waals surface area contributed by atoms with Crippen LogP contribution in [0.1, 0.15) is 39.0 Å². The number of nitrogens with one attached hydrogen (secondary N) is 1. The van der Waals surface area contributed by atoms with Gasteiger partial charge in [-0.2, -0.15) is 8.78 Å². The van der Waals surface area contributed by atoms with Crippen LogP contribution in [-0.4, -0.2) is 30.6 Å². The van der Waals surface area contributed by atoms with Gasteiger partial charge in [0, 0.05) is 12.6 Å².